The van der Waals surface area contributed by atoms with Crippen LogP contribution in [-0.4, -0.2) is 12.7 Å². The van der Waals surface area contributed by atoms with Gasteiger partial charge in [-0.25, -0.2) is 0 Å². The second kappa shape index (κ2) is 8.08. The third-order valence-corrected chi connectivity index (χ3v) is 5.48. The molecule has 1 aliphatic heterocycles. The summed E-state index contributed by atoms with van der Waals surface area (Å²) >= 11 is 0. The molecule has 25 heavy (non-hydrogen) atoms. The van der Waals surface area contributed by atoms with E-state index in [1.807, 2.05) is 0 Å². The lowest BCUT2D eigenvalue weighted by molar-refractivity contribution is 0.128. The van der Waals surface area contributed by atoms with Gasteiger partial charge in [-0.1, -0.05) is 38.5 Å². The zero-order valence-electron chi connectivity index (χ0n) is 14.8. The number of hydrogen-bond acceptors (Lipinski definition) is 2. The van der Waals surface area contributed by atoms with Crippen LogP contribution in [0.15, 0.2) is 6.07 Å². The Morgan fingerprint density at radius 2 is 2.04 bits per heavy atom. The molecule has 3 rings (SSSR count). The first kappa shape index (κ1) is 18.0. The van der Waals surface area contributed by atoms with Gasteiger partial charge in [0.25, 0.3) is 0 Å². The fourth-order valence-electron chi connectivity index (χ4n) is 4.09. The summed E-state index contributed by atoms with van der Waals surface area (Å²) in [6.07, 6.45) is 13.3. The molecule has 0 bridgehead atoms. The lowest BCUT2D eigenvalue weighted by Crippen LogP contribution is -2.30. The maximum atomic E-state index is 14.4. The molecule has 2 nitrogen and oxygen atoms in total. The first-order chi connectivity index (χ1) is 12.1. The fraction of sp³-hybridized carbons (Fsp3) is 0.619. The summed E-state index contributed by atoms with van der Waals surface area (Å²) in [5.74, 6) is 1.59. The lowest BCUT2D eigenvalue weighted by atomic mass is 9.78. The Bertz CT molecular complexity index is 642. The highest BCUT2D eigenvalue weighted by Crippen LogP contribution is 2.38. The third-order valence-electron chi connectivity index (χ3n) is 5.48. The van der Waals surface area contributed by atoms with Crippen molar-refractivity contribution in [1.82, 2.24) is 0 Å². The zero-order valence-corrected chi connectivity index (χ0v) is 14.8. The molecule has 0 aromatic heterocycles. The molecule has 2 aliphatic rings. The summed E-state index contributed by atoms with van der Waals surface area (Å²) in [6.45, 7) is 2.62. The van der Waals surface area contributed by atoms with E-state index >= 15 is 0 Å². The average Bonchev–Trinajstić information content (AvgIpc) is 2.64. The number of fused-ring (bicyclic) bond motifs is 1. The summed E-state index contributed by atoms with van der Waals surface area (Å²) in [4.78, 5) is 0. The summed E-state index contributed by atoms with van der Waals surface area (Å²) < 4.78 is 39.6. The van der Waals surface area contributed by atoms with Crippen LogP contribution in [0.5, 0.6) is 11.5 Å². The number of hydrogen-bond donors (Lipinski definition) is 0. The minimum atomic E-state index is -0.999. The predicted molar refractivity (Wildman–Crippen MR) is 93.8 cm³/mol. The number of halogens is 2. The molecule has 0 amide bonds. The Balaban J connectivity index is 1.72. The van der Waals surface area contributed by atoms with E-state index in [1.165, 1.54) is 12.8 Å². The standard InChI is InChI=1S/C21H26F2O2/c1-3-6-14-8-10-15(11-9-14)17(4-2)25-18-13-16-7-5-12-24-21(16)20(23)19(18)22/h2,13-15,17H,3,5-12H2,1H3. The average molecular weight is 348 g/mol. The van der Waals surface area contributed by atoms with Crippen LogP contribution in [0, 0.1) is 35.8 Å². The lowest BCUT2D eigenvalue weighted by Gasteiger charge is -2.32. The molecule has 0 radical (unpaired) electrons. The molecular weight excluding hydrogens is 322 g/mol. The first-order valence-electron chi connectivity index (χ1n) is 9.40. The van der Waals surface area contributed by atoms with Crippen molar-refractivity contribution < 1.29 is 18.3 Å². The molecule has 1 aromatic rings. The maximum absolute atomic E-state index is 14.4. The van der Waals surface area contributed by atoms with Crippen LogP contribution in [0.3, 0.4) is 0 Å². The highest BCUT2D eigenvalue weighted by atomic mass is 19.2. The monoisotopic (exact) mass is 348 g/mol. The van der Waals surface area contributed by atoms with Gasteiger partial charge in [0.1, 0.15) is 0 Å². The molecular formula is C21H26F2O2. The van der Waals surface area contributed by atoms with Crippen LogP contribution in [0.4, 0.5) is 8.78 Å². The number of ether oxygens (including phenoxy) is 2. The van der Waals surface area contributed by atoms with Gasteiger partial charge in [0.15, 0.2) is 17.6 Å². The van der Waals surface area contributed by atoms with E-state index in [0.29, 0.717) is 18.6 Å². The van der Waals surface area contributed by atoms with Gasteiger partial charge in [0.05, 0.1) is 6.61 Å². The Morgan fingerprint density at radius 3 is 2.72 bits per heavy atom. The number of terminal acetylenes is 1. The minimum absolute atomic E-state index is 0.0217. The van der Waals surface area contributed by atoms with Crippen molar-refractivity contribution in [3.05, 3.63) is 23.3 Å². The molecule has 1 atom stereocenters. The number of rotatable bonds is 5. The van der Waals surface area contributed by atoms with Crippen molar-refractivity contribution in [3.63, 3.8) is 0 Å². The smallest absolute Gasteiger partial charge is 0.204 e. The molecule has 1 aromatic carbocycles. The summed E-state index contributed by atoms with van der Waals surface area (Å²) in [5, 5.41) is 0. The van der Waals surface area contributed by atoms with Gasteiger partial charge < -0.3 is 9.47 Å². The van der Waals surface area contributed by atoms with Gasteiger partial charge in [0.2, 0.25) is 11.6 Å². The van der Waals surface area contributed by atoms with Crippen molar-refractivity contribution in [3.8, 4) is 23.8 Å². The Morgan fingerprint density at radius 1 is 1.28 bits per heavy atom. The number of aryl methyl sites for hydroxylation is 1. The van der Waals surface area contributed by atoms with Gasteiger partial charge in [-0.05, 0) is 37.7 Å². The van der Waals surface area contributed by atoms with Crippen LogP contribution in [0.2, 0.25) is 0 Å². The molecule has 136 valence electrons. The van der Waals surface area contributed by atoms with E-state index in [1.54, 1.807) is 6.07 Å². The Labute approximate surface area is 148 Å². The van der Waals surface area contributed by atoms with Crippen molar-refractivity contribution in [2.45, 2.75) is 64.4 Å². The molecule has 4 heteroatoms. The highest BCUT2D eigenvalue weighted by Gasteiger charge is 2.30. The van der Waals surface area contributed by atoms with E-state index in [4.69, 9.17) is 15.9 Å². The van der Waals surface area contributed by atoms with Gasteiger partial charge in [-0.2, -0.15) is 8.78 Å². The van der Waals surface area contributed by atoms with E-state index in [9.17, 15) is 8.78 Å². The van der Waals surface area contributed by atoms with Crippen molar-refractivity contribution in [2.75, 3.05) is 6.61 Å². The topological polar surface area (TPSA) is 18.5 Å². The van der Waals surface area contributed by atoms with Crippen LogP contribution in [-0.2, 0) is 6.42 Å². The SMILES string of the molecule is C#CC(Oc1cc2c(c(F)c1F)OCCC2)C1CCC(CCC)CC1. The largest absolute Gasteiger partial charge is 0.490 e. The summed E-state index contributed by atoms with van der Waals surface area (Å²) in [5.41, 5.74) is 0.655. The van der Waals surface area contributed by atoms with Crippen LogP contribution in [0.25, 0.3) is 0 Å². The quantitative estimate of drug-likeness (QED) is 0.674. The molecule has 1 saturated carbocycles. The molecule has 1 unspecified atom stereocenters. The van der Waals surface area contributed by atoms with Gasteiger partial charge in [-0.15, -0.1) is 6.42 Å². The summed E-state index contributed by atoms with van der Waals surface area (Å²) in [6, 6.07) is 1.56. The van der Waals surface area contributed by atoms with E-state index in [-0.39, 0.29) is 17.4 Å². The highest BCUT2D eigenvalue weighted by molar-refractivity contribution is 5.44. The third kappa shape index (κ3) is 3.92. The van der Waals surface area contributed by atoms with Crippen molar-refractivity contribution >= 4 is 0 Å². The Hall–Kier alpha value is -1.76. The molecule has 1 aliphatic carbocycles. The van der Waals surface area contributed by atoms with Gasteiger partial charge >= 0.3 is 0 Å². The molecule has 0 saturated heterocycles. The van der Waals surface area contributed by atoms with Crippen LogP contribution in [0.1, 0.15) is 57.4 Å². The van der Waals surface area contributed by atoms with Crippen LogP contribution >= 0.6 is 0 Å². The van der Waals surface area contributed by atoms with E-state index in [2.05, 4.69) is 12.8 Å². The van der Waals surface area contributed by atoms with E-state index in [0.717, 1.165) is 38.0 Å². The first-order valence-corrected chi connectivity index (χ1v) is 9.40. The fourth-order valence-corrected chi connectivity index (χ4v) is 4.09. The predicted octanol–water partition coefficient (Wildman–Crippen LogP) is 5.28. The summed E-state index contributed by atoms with van der Waals surface area (Å²) in [7, 11) is 0. The zero-order chi connectivity index (χ0) is 17.8. The second-order valence-corrected chi connectivity index (χ2v) is 7.22. The molecule has 1 heterocycles. The maximum Gasteiger partial charge on any atom is 0.204 e. The molecule has 1 fully saturated rings. The molecule has 0 spiro atoms. The normalized spacial score (nSPS) is 23.9. The van der Waals surface area contributed by atoms with Crippen LogP contribution < -0.4 is 9.47 Å². The number of benzene rings is 1. The molecule has 0 N–H and O–H groups in total. The van der Waals surface area contributed by atoms with Crippen molar-refractivity contribution in [1.29, 1.82) is 0 Å². The van der Waals surface area contributed by atoms with Crippen molar-refractivity contribution in [2.24, 2.45) is 11.8 Å². The minimum Gasteiger partial charge on any atom is -0.490 e. The second-order valence-electron chi connectivity index (χ2n) is 7.22. The van der Waals surface area contributed by atoms with Gasteiger partial charge in [0, 0.05) is 11.5 Å². The Kier molecular flexibility index (Phi) is 5.83. The van der Waals surface area contributed by atoms with Gasteiger partial charge in [-0.3, -0.25) is 0 Å². The van der Waals surface area contributed by atoms with E-state index < -0.39 is 17.7 Å².